The summed E-state index contributed by atoms with van der Waals surface area (Å²) in [6, 6.07) is 12.8. The van der Waals surface area contributed by atoms with E-state index in [9.17, 15) is 9.18 Å². The quantitative estimate of drug-likeness (QED) is 0.803. The number of piperazine rings is 1. The molecule has 0 aliphatic carbocycles. The van der Waals surface area contributed by atoms with Crippen LogP contribution in [0.3, 0.4) is 0 Å². The third-order valence-electron chi connectivity index (χ3n) is 5.41. The molecule has 28 heavy (non-hydrogen) atoms. The first-order valence-corrected chi connectivity index (χ1v) is 10.1. The molecule has 1 amide bonds. The lowest BCUT2D eigenvalue weighted by Crippen LogP contribution is -2.47. The van der Waals surface area contributed by atoms with Gasteiger partial charge < -0.3 is 10.2 Å². The maximum absolute atomic E-state index is 13.1. The predicted molar refractivity (Wildman–Crippen MR) is 114 cm³/mol. The molecule has 0 unspecified atom stereocenters. The summed E-state index contributed by atoms with van der Waals surface area (Å²) in [7, 11) is 0. The van der Waals surface area contributed by atoms with Gasteiger partial charge in [0.15, 0.2) is 0 Å². The van der Waals surface area contributed by atoms with Gasteiger partial charge in [-0.1, -0.05) is 32.0 Å². The number of anilines is 2. The van der Waals surface area contributed by atoms with Gasteiger partial charge in [0, 0.05) is 50.5 Å². The molecular formula is C23H30FN3O. The second-order valence-corrected chi connectivity index (χ2v) is 7.80. The number of rotatable bonds is 6. The molecule has 0 atom stereocenters. The summed E-state index contributed by atoms with van der Waals surface area (Å²) in [6.07, 6.45) is 0.489. The van der Waals surface area contributed by atoms with Gasteiger partial charge in [0.05, 0.1) is 0 Å². The van der Waals surface area contributed by atoms with E-state index in [4.69, 9.17) is 0 Å². The molecule has 2 aromatic rings. The van der Waals surface area contributed by atoms with Gasteiger partial charge in [0.1, 0.15) is 5.82 Å². The van der Waals surface area contributed by atoms with Gasteiger partial charge in [-0.2, -0.15) is 0 Å². The van der Waals surface area contributed by atoms with Crippen molar-refractivity contribution in [1.29, 1.82) is 0 Å². The molecule has 4 nitrogen and oxygen atoms in total. The Balaban J connectivity index is 1.48. The van der Waals surface area contributed by atoms with Crippen LogP contribution in [0.5, 0.6) is 0 Å². The molecule has 2 aromatic carbocycles. The molecule has 0 bridgehead atoms. The summed E-state index contributed by atoms with van der Waals surface area (Å²) in [6.45, 7) is 10.7. The van der Waals surface area contributed by atoms with Gasteiger partial charge in [-0.15, -0.1) is 0 Å². The Labute approximate surface area is 167 Å². The largest absolute Gasteiger partial charge is 0.369 e. The third kappa shape index (κ3) is 5.10. The summed E-state index contributed by atoms with van der Waals surface area (Å²) < 4.78 is 13.1. The maximum atomic E-state index is 13.1. The second-order valence-electron chi connectivity index (χ2n) is 7.80. The van der Waals surface area contributed by atoms with Crippen molar-refractivity contribution >= 4 is 17.3 Å². The fraction of sp³-hybridized carbons (Fsp3) is 0.435. The molecule has 5 heteroatoms. The van der Waals surface area contributed by atoms with Crippen LogP contribution < -0.4 is 10.2 Å². The highest BCUT2D eigenvalue weighted by Gasteiger charge is 2.18. The highest BCUT2D eigenvalue weighted by atomic mass is 19.1. The minimum Gasteiger partial charge on any atom is -0.369 e. The van der Waals surface area contributed by atoms with E-state index in [2.05, 4.69) is 35.0 Å². The molecule has 1 saturated heterocycles. The summed E-state index contributed by atoms with van der Waals surface area (Å²) in [4.78, 5) is 17.1. The summed E-state index contributed by atoms with van der Waals surface area (Å²) in [5.74, 6) is 0.231. The number of nitrogens with one attached hydrogen (secondary N) is 1. The SMILES string of the molecule is Cc1cccc(C(C)C)c1NC(=O)CCN1CCN(c2ccc(F)cc2)CC1. The standard InChI is InChI=1S/C23H30FN3O/c1-17(2)21-6-4-5-18(3)23(21)25-22(28)11-12-26-13-15-27(16-14-26)20-9-7-19(24)8-10-20/h4-10,17H,11-16H2,1-3H3,(H,25,28). The van der Waals surface area contributed by atoms with E-state index in [-0.39, 0.29) is 11.7 Å². The Hall–Kier alpha value is -2.40. The molecule has 0 aromatic heterocycles. The second kappa shape index (κ2) is 9.20. The molecular weight excluding hydrogens is 353 g/mol. The number of para-hydroxylation sites is 1. The smallest absolute Gasteiger partial charge is 0.225 e. The average molecular weight is 384 g/mol. The van der Waals surface area contributed by atoms with Crippen molar-refractivity contribution in [3.05, 3.63) is 59.4 Å². The Kier molecular flexibility index (Phi) is 6.68. The van der Waals surface area contributed by atoms with Crippen LogP contribution in [-0.2, 0) is 4.79 Å². The molecule has 1 aliphatic rings. The summed E-state index contributed by atoms with van der Waals surface area (Å²) in [5.41, 5.74) is 4.30. The predicted octanol–water partition coefficient (Wildman–Crippen LogP) is 4.41. The topological polar surface area (TPSA) is 35.6 Å². The molecule has 150 valence electrons. The Morgan fingerprint density at radius 1 is 1.07 bits per heavy atom. The van der Waals surface area contributed by atoms with E-state index in [0.717, 1.165) is 49.7 Å². The van der Waals surface area contributed by atoms with Crippen LogP contribution in [0.25, 0.3) is 0 Å². The normalized spacial score (nSPS) is 15.1. The van der Waals surface area contributed by atoms with Gasteiger partial charge in [0.2, 0.25) is 5.91 Å². The number of aryl methyl sites for hydroxylation is 1. The Bertz CT molecular complexity index is 796. The highest BCUT2D eigenvalue weighted by Crippen LogP contribution is 2.27. The van der Waals surface area contributed by atoms with E-state index >= 15 is 0 Å². The zero-order valence-corrected chi connectivity index (χ0v) is 17.0. The molecule has 0 radical (unpaired) electrons. The average Bonchev–Trinajstić information content (AvgIpc) is 2.69. The summed E-state index contributed by atoms with van der Waals surface area (Å²) in [5, 5.41) is 3.13. The highest BCUT2D eigenvalue weighted by molar-refractivity contribution is 5.92. The summed E-state index contributed by atoms with van der Waals surface area (Å²) >= 11 is 0. The lowest BCUT2D eigenvalue weighted by Gasteiger charge is -2.36. The number of halogens is 1. The van der Waals surface area contributed by atoms with E-state index in [0.29, 0.717) is 12.3 Å². The zero-order chi connectivity index (χ0) is 20.1. The van der Waals surface area contributed by atoms with Crippen LogP contribution in [-0.4, -0.2) is 43.5 Å². The molecule has 1 aliphatic heterocycles. The number of nitrogens with zero attached hydrogens (tertiary/aromatic N) is 2. The van der Waals surface area contributed by atoms with Crippen LogP contribution >= 0.6 is 0 Å². The first kappa shape index (κ1) is 20.3. The van der Waals surface area contributed by atoms with Gasteiger partial charge in [-0.25, -0.2) is 4.39 Å². The number of hydrogen-bond donors (Lipinski definition) is 1. The number of carbonyl (C=O) groups excluding carboxylic acids is 1. The fourth-order valence-electron chi connectivity index (χ4n) is 3.69. The van der Waals surface area contributed by atoms with Gasteiger partial charge in [-0.05, 0) is 48.2 Å². The van der Waals surface area contributed by atoms with Crippen molar-refractivity contribution in [2.24, 2.45) is 0 Å². The zero-order valence-electron chi connectivity index (χ0n) is 17.0. The number of amides is 1. The van der Waals surface area contributed by atoms with Gasteiger partial charge >= 0.3 is 0 Å². The number of hydrogen-bond acceptors (Lipinski definition) is 3. The van der Waals surface area contributed by atoms with E-state index in [1.165, 1.54) is 17.7 Å². The first-order valence-electron chi connectivity index (χ1n) is 10.1. The van der Waals surface area contributed by atoms with Crippen LogP contribution in [0.15, 0.2) is 42.5 Å². The van der Waals surface area contributed by atoms with Crippen LogP contribution in [0.4, 0.5) is 15.8 Å². The van der Waals surface area contributed by atoms with Crippen molar-refractivity contribution < 1.29 is 9.18 Å². The Morgan fingerprint density at radius 3 is 2.39 bits per heavy atom. The molecule has 1 heterocycles. The van der Waals surface area contributed by atoms with Crippen LogP contribution in [0.1, 0.15) is 37.3 Å². The minimum absolute atomic E-state index is 0.0668. The lowest BCUT2D eigenvalue weighted by atomic mass is 9.98. The molecule has 1 fully saturated rings. The molecule has 1 N–H and O–H groups in total. The van der Waals surface area contributed by atoms with E-state index in [1.807, 2.05) is 31.2 Å². The van der Waals surface area contributed by atoms with Crippen molar-refractivity contribution in [3.63, 3.8) is 0 Å². The number of carbonyl (C=O) groups is 1. The monoisotopic (exact) mass is 383 g/mol. The van der Waals surface area contributed by atoms with Crippen molar-refractivity contribution in [1.82, 2.24) is 4.90 Å². The van der Waals surface area contributed by atoms with Crippen LogP contribution in [0.2, 0.25) is 0 Å². The molecule has 0 spiro atoms. The van der Waals surface area contributed by atoms with Crippen LogP contribution in [0, 0.1) is 12.7 Å². The minimum atomic E-state index is -0.206. The molecule has 0 saturated carbocycles. The molecule has 3 rings (SSSR count). The Morgan fingerprint density at radius 2 is 1.75 bits per heavy atom. The van der Waals surface area contributed by atoms with Crippen molar-refractivity contribution in [2.45, 2.75) is 33.1 Å². The van der Waals surface area contributed by atoms with Crippen molar-refractivity contribution in [3.8, 4) is 0 Å². The third-order valence-corrected chi connectivity index (χ3v) is 5.41. The van der Waals surface area contributed by atoms with Gasteiger partial charge in [0.25, 0.3) is 0 Å². The lowest BCUT2D eigenvalue weighted by molar-refractivity contribution is -0.116. The van der Waals surface area contributed by atoms with Gasteiger partial charge in [-0.3, -0.25) is 9.69 Å². The fourth-order valence-corrected chi connectivity index (χ4v) is 3.69. The number of benzene rings is 2. The maximum Gasteiger partial charge on any atom is 0.225 e. The van der Waals surface area contributed by atoms with Crippen molar-refractivity contribution in [2.75, 3.05) is 42.9 Å². The van der Waals surface area contributed by atoms with E-state index < -0.39 is 0 Å². The van der Waals surface area contributed by atoms with E-state index in [1.54, 1.807) is 0 Å². The first-order chi connectivity index (χ1) is 13.4.